The van der Waals surface area contributed by atoms with E-state index in [0.29, 0.717) is 32.8 Å². The van der Waals surface area contributed by atoms with Gasteiger partial charge in [0.2, 0.25) is 5.91 Å². The number of amides is 1. The van der Waals surface area contributed by atoms with Crippen molar-refractivity contribution in [1.82, 2.24) is 10.6 Å². The molecule has 0 aromatic rings. The molecule has 0 spiro atoms. The number of nitrogens with one attached hydrogen (secondary N) is 2. The Morgan fingerprint density at radius 1 is 1.44 bits per heavy atom. The Labute approximate surface area is 97.9 Å². The molecular formula is C11H24N2O3. The van der Waals surface area contributed by atoms with E-state index >= 15 is 0 Å². The summed E-state index contributed by atoms with van der Waals surface area (Å²) in [5, 5.41) is 5.84. The van der Waals surface area contributed by atoms with Gasteiger partial charge in [0, 0.05) is 33.4 Å². The lowest BCUT2D eigenvalue weighted by molar-refractivity contribution is -0.120. The molecule has 1 amide bonds. The van der Waals surface area contributed by atoms with Gasteiger partial charge < -0.3 is 20.1 Å². The molecule has 0 bridgehead atoms. The largest absolute Gasteiger partial charge is 0.385 e. The Bertz CT molecular complexity index is 177. The molecule has 96 valence electrons. The third-order valence-corrected chi connectivity index (χ3v) is 2.02. The van der Waals surface area contributed by atoms with E-state index in [1.807, 2.05) is 13.8 Å². The topological polar surface area (TPSA) is 59.6 Å². The fourth-order valence-corrected chi connectivity index (χ4v) is 1.24. The van der Waals surface area contributed by atoms with E-state index in [4.69, 9.17) is 9.47 Å². The standard InChI is InChI=1S/C11H24N2O3/c1-4-16-10(2)8-12-9-11(14)13-6-5-7-15-3/h10,12H,4-9H2,1-3H3,(H,13,14). The van der Waals surface area contributed by atoms with Crippen LogP contribution in [-0.2, 0) is 14.3 Å². The van der Waals surface area contributed by atoms with Crippen LogP contribution in [0.5, 0.6) is 0 Å². The monoisotopic (exact) mass is 232 g/mol. The SMILES string of the molecule is CCOC(C)CNCC(=O)NCCCOC. The Morgan fingerprint density at radius 2 is 2.19 bits per heavy atom. The maximum Gasteiger partial charge on any atom is 0.233 e. The maximum atomic E-state index is 11.3. The fraction of sp³-hybridized carbons (Fsp3) is 0.909. The second-order valence-corrected chi connectivity index (χ2v) is 3.59. The first-order valence-electron chi connectivity index (χ1n) is 5.78. The fourth-order valence-electron chi connectivity index (χ4n) is 1.24. The van der Waals surface area contributed by atoms with Crippen LogP contribution in [0.4, 0.5) is 0 Å². The van der Waals surface area contributed by atoms with Gasteiger partial charge in [0.1, 0.15) is 0 Å². The molecule has 0 aromatic heterocycles. The van der Waals surface area contributed by atoms with Crippen molar-refractivity contribution in [2.45, 2.75) is 26.4 Å². The molecule has 0 saturated heterocycles. The average molecular weight is 232 g/mol. The highest BCUT2D eigenvalue weighted by molar-refractivity contribution is 5.77. The summed E-state index contributed by atoms with van der Waals surface area (Å²) in [5.41, 5.74) is 0. The Balaban J connectivity index is 3.29. The molecule has 5 nitrogen and oxygen atoms in total. The van der Waals surface area contributed by atoms with E-state index in [0.717, 1.165) is 6.42 Å². The second-order valence-electron chi connectivity index (χ2n) is 3.59. The van der Waals surface area contributed by atoms with Crippen molar-refractivity contribution in [2.24, 2.45) is 0 Å². The van der Waals surface area contributed by atoms with Gasteiger partial charge in [-0.15, -0.1) is 0 Å². The first kappa shape index (κ1) is 15.3. The van der Waals surface area contributed by atoms with Gasteiger partial charge in [-0.05, 0) is 20.3 Å². The number of carbonyl (C=O) groups excluding carboxylic acids is 1. The van der Waals surface area contributed by atoms with Crippen LogP contribution in [0.25, 0.3) is 0 Å². The number of methoxy groups -OCH3 is 1. The van der Waals surface area contributed by atoms with Gasteiger partial charge in [-0.2, -0.15) is 0 Å². The van der Waals surface area contributed by atoms with Gasteiger partial charge in [0.25, 0.3) is 0 Å². The maximum absolute atomic E-state index is 11.3. The van der Waals surface area contributed by atoms with Gasteiger partial charge >= 0.3 is 0 Å². The minimum Gasteiger partial charge on any atom is -0.385 e. The Hall–Kier alpha value is -0.650. The van der Waals surface area contributed by atoms with Crippen LogP contribution in [-0.4, -0.2) is 52.0 Å². The van der Waals surface area contributed by atoms with E-state index in [1.165, 1.54) is 0 Å². The minimum atomic E-state index is 0.0137. The molecule has 0 aliphatic carbocycles. The minimum absolute atomic E-state index is 0.0137. The summed E-state index contributed by atoms with van der Waals surface area (Å²) in [5.74, 6) is 0.0137. The molecular weight excluding hydrogens is 208 g/mol. The van der Waals surface area contributed by atoms with Crippen molar-refractivity contribution >= 4 is 5.91 Å². The van der Waals surface area contributed by atoms with Crippen molar-refractivity contribution in [2.75, 3.05) is 40.0 Å². The molecule has 16 heavy (non-hydrogen) atoms. The zero-order chi connectivity index (χ0) is 12.2. The zero-order valence-electron chi connectivity index (χ0n) is 10.5. The lowest BCUT2D eigenvalue weighted by Crippen LogP contribution is -2.37. The highest BCUT2D eigenvalue weighted by atomic mass is 16.5. The van der Waals surface area contributed by atoms with Crippen LogP contribution in [0, 0.1) is 0 Å². The van der Waals surface area contributed by atoms with Crippen LogP contribution < -0.4 is 10.6 Å². The number of carbonyl (C=O) groups is 1. The van der Waals surface area contributed by atoms with Crippen LogP contribution in [0.1, 0.15) is 20.3 Å². The molecule has 0 aromatic carbocycles. The highest BCUT2D eigenvalue weighted by Gasteiger charge is 2.03. The number of ether oxygens (including phenoxy) is 2. The third kappa shape index (κ3) is 9.89. The molecule has 0 rings (SSSR count). The lowest BCUT2D eigenvalue weighted by atomic mass is 10.4. The predicted octanol–water partition coefficient (Wildman–Crippen LogP) is 0.154. The molecule has 0 saturated carbocycles. The molecule has 1 atom stereocenters. The molecule has 0 fully saturated rings. The van der Waals surface area contributed by atoms with Crippen molar-refractivity contribution in [3.63, 3.8) is 0 Å². The Kier molecular flexibility index (Phi) is 10.4. The summed E-state index contributed by atoms with van der Waals surface area (Å²) in [4.78, 5) is 11.3. The molecule has 1 unspecified atom stereocenters. The van der Waals surface area contributed by atoms with Crippen LogP contribution in [0.3, 0.4) is 0 Å². The molecule has 0 radical (unpaired) electrons. The second kappa shape index (κ2) is 10.9. The molecule has 5 heteroatoms. The summed E-state index contributed by atoms with van der Waals surface area (Å²) in [6.07, 6.45) is 0.990. The van der Waals surface area contributed by atoms with Gasteiger partial charge in [-0.25, -0.2) is 0 Å². The highest BCUT2D eigenvalue weighted by Crippen LogP contribution is 1.86. The average Bonchev–Trinajstić information content (AvgIpc) is 2.25. The Morgan fingerprint density at radius 3 is 2.81 bits per heavy atom. The van der Waals surface area contributed by atoms with Crippen molar-refractivity contribution in [3.05, 3.63) is 0 Å². The van der Waals surface area contributed by atoms with Crippen molar-refractivity contribution in [3.8, 4) is 0 Å². The van der Waals surface area contributed by atoms with E-state index < -0.39 is 0 Å². The molecule has 0 aliphatic heterocycles. The first-order valence-corrected chi connectivity index (χ1v) is 5.78. The van der Waals surface area contributed by atoms with E-state index in [1.54, 1.807) is 7.11 Å². The molecule has 0 aliphatic rings. The molecule has 2 N–H and O–H groups in total. The summed E-state index contributed by atoms with van der Waals surface area (Å²) in [6.45, 7) is 7.01. The predicted molar refractivity (Wildman–Crippen MR) is 63.5 cm³/mol. The summed E-state index contributed by atoms with van der Waals surface area (Å²) in [6, 6.07) is 0. The third-order valence-electron chi connectivity index (χ3n) is 2.02. The van der Waals surface area contributed by atoms with E-state index in [9.17, 15) is 4.79 Å². The summed E-state index contributed by atoms with van der Waals surface area (Å²) >= 11 is 0. The summed E-state index contributed by atoms with van der Waals surface area (Å²) < 4.78 is 10.2. The smallest absolute Gasteiger partial charge is 0.233 e. The van der Waals surface area contributed by atoms with E-state index in [2.05, 4.69) is 10.6 Å². The van der Waals surface area contributed by atoms with Crippen LogP contribution in [0.2, 0.25) is 0 Å². The van der Waals surface area contributed by atoms with Crippen molar-refractivity contribution < 1.29 is 14.3 Å². The summed E-state index contributed by atoms with van der Waals surface area (Å²) in [7, 11) is 1.65. The normalized spacial score (nSPS) is 12.4. The molecule has 0 heterocycles. The van der Waals surface area contributed by atoms with Gasteiger partial charge in [0.05, 0.1) is 12.6 Å². The first-order chi connectivity index (χ1) is 7.70. The van der Waals surface area contributed by atoms with Crippen LogP contribution >= 0.6 is 0 Å². The number of hydrogen-bond acceptors (Lipinski definition) is 4. The lowest BCUT2D eigenvalue weighted by Gasteiger charge is -2.12. The van der Waals surface area contributed by atoms with E-state index in [-0.39, 0.29) is 12.0 Å². The quantitative estimate of drug-likeness (QED) is 0.527. The van der Waals surface area contributed by atoms with Crippen LogP contribution in [0.15, 0.2) is 0 Å². The van der Waals surface area contributed by atoms with Gasteiger partial charge in [0.15, 0.2) is 0 Å². The van der Waals surface area contributed by atoms with Crippen molar-refractivity contribution in [1.29, 1.82) is 0 Å². The number of rotatable bonds is 10. The van der Waals surface area contributed by atoms with Gasteiger partial charge in [-0.3, -0.25) is 4.79 Å². The zero-order valence-corrected chi connectivity index (χ0v) is 10.5. The number of hydrogen-bond donors (Lipinski definition) is 2. The van der Waals surface area contributed by atoms with Gasteiger partial charge in [-0.1, -0.05) is 0 Å².